The molecule has 1 aromatic rings. The van der Waals surface area contributed by atoms with Crippen LogP contribution in [0, 0.1) is 10.1 Å². The smallest absolute Gasteiger partial charge is 0.270 e. The molecule has 1 heterocycles. The van der Waals surface area contributed by atoms with E-state index >= 15 is 0 Å². The van der Waals surface area contributed by atoms with Crippen LogP contribution in [0.3, 0.4) is 0 Å². The molecule has 2 atom stereocenters. The molecule has 1 saturated heterocycles. The van der Waals surface area contributed by atoms with E-state index in [1.54, 1.807) is 0 Å². The van der Waals surface area contributed by atoms with Gasteiger partial charge in [-0.05, 0) is 6.07 Å². The van der Waals surface area contributed by atoms with Gasteiger partial charge >= 0.3 is 0 Å². The minimum absolute atomic E-state index is 0.0902. The van der Waals surface area contributed by atoms with Gasteiger partial charge in [-0.1, -0.05) is 6.07 Å². The van der Waals surface area contributed by atoms with Crippen LogP contribution in [0.1, 0.15) is 10.4 Å². The van der Waals surface area contributed by atoms with E-state index < -0.39 is 32.1 Å². The van der Waals surface area contributed by atoms with Gasteiger partial charge in [-0.25, -0.2) is 8.42 Å². The zero-order valence-electron chi connectivity index (χ0n) is 10.2. The Kier molecular flexibility index (Phi) is 3.96. The highest BCUT2D eigenvalue weighted by Gasteiger charge is 2.37. The maximum Gasteiger partial charge on any atom is 0.270 e. The van der Waals surface area contributed by atoms with Crippen LogP contribution in [-0.2, 0) is 9.84 Å². The maximum atomic E-state index is 11.9. The normalized spacial score (nSPS) is 24.2. The highest BCUT2D eigenvalue weighted by atomic mass is 35.5. The third-order valence-corrected chi connectivity index (χ3v) is 5.29. The van der Waals surface area contributed by atoms with Gasteiger partial charge < -0.3 is 5.32 Å². The summed E-state index contributed by atoms with van der Waals surface area (Å²) in [5, 5.41) is 12.4. The van der Waals surface area contributed by atoms with Crippen molar-refractivity contribution in [3.63, 3.8) is 0 Å². The molecule has 1 amide bonds. The minimum atomic E-state index is -3.25. The number of alkyl halides is 1. The summed E-state index contributed by atoms with van der Waals surface area (Å²) in [6.07, 6.45) is 0. The van der Waals surface area contributed by atoms with Gasteiger partial charge in [0.05, 0.1) is 27.8 Å². The summed E-state index contributed by atoms with van der Waals surface area (Å²) in [4.78, 5) is 22.0. The van der Waals surface area contributed by atoms with Crippen molar-refractivity contribution in [2.45, 2.75) is 11.4 Å². The van der Waals surface area contributed by atoms with E-state index in [0.717, 1.165) is 6.07 Å². The Balaban J connectivity index is 2.13. The van der Waals surface area contributed by atoms with E-state index in [1.807, 2.05) is 0 Å². The number of carbonyl (C=O) groups excluding carboxylic acids is 1. The standard InChI is InChI=1S/C11H11ClN2O5S/c12-9-5-20(18,19)6-10(9)13-11(15)7-2-1-3-8(4-7)14(16)17/h1-4,9-10H,5-6H2,(H,13,15). The number of hydrogen-bond acceptors (Lipinski definition) is 5. The van der Waals surface area contributed by atoms with E-state index in [0.29, 0.717) is 0 Å². The number of hydrogen-bond donors (Lipinski definition) is 1. The quantitative estimate of drug-likeness (QED) is 0.502. The van der Waals surface area contributed by atoms with Crippen molar-refractivity contribution in [2.75, 3.05) is 11.5 Å². The molecule has 2 rings (SSSR count). The van der Waals surface area contributed by atoms with Gasteiger partial charge in [0.1, 0.15) is 0 Å². The second kappa shape index (κ2) is 5.37. The van der Waals surface area contributed by atoms with Crippen molar-refractivity contribution in [2.24, 2.45) is 0 Å². The Morgan fingerprint density at radius 1 is 1.40 bits per heavy atom. The summed E-state index contributed by atoms with van der Waals surface area (Å²) in [5.74, 6) is -0.988. The first-order chi connectivity index (χ1) is 9.28. The average Bonchev–Trinajstić information content (AvgIpc) is 2.62. The van der Waals surface area contributed by atoms with Gasteiger partial charge in [-0.15, -0.1) is 11.6 Å². The molecule has 1 N–H and O–H groups in total. The molecule has 7 nitrogen and oxygen atoms in total. The molecule has 0 saturated carbocycles. The number of nitro groups is 1. The van der Waals surface area contributed by atoms with Gasteiger partial charge in [0.15, 0.2) is 9.84 Å². The van der Waals surface area contributed by atoms with Crippen LogP contribution < -0.4 is 5.32 Å². The van der Waals surface area contributed by atoms with Crippen LogP contribution in [-0.4, -0.2) is 42.2 Å². The molecule has 0 spiro atoms. The summed E-state index contributed by atoms with van der Waals surface area (Å²) in [7, 11) is -3.25. The van der Waals surface area contributed by atoms with Gasteiger partial charge in [0, 0.05) is 17.7 Å². The highest BCUT2D eigenvalue weighted by molar-refractivity contribution is 7.91. The summed E-state index contributed by atoms with van der Waals surface area (Å²) < 4.78 is 22.8. The van der Waals surface area contributed by atoms with Crippen molar-refractivity contribution >= 4 is 33.0 Å². The van der Waals surface area contributed by atoms with Crippen molar-refractivity contribution < 1.29 is 18.1 Å². The molecule has 20 heavy (non-hydrogen) atoms. The van der Waals surface area contributed by atoms with Gasteiger partial charge in [0.2, 0.25) is 0 Å². The number of non-ortho nitro benzene ring substituents is 1. The van der Waals surface area contributed by atoms with E-state index in [1.165, 1.54) is 18.2 Å². The van der Waals surface area contributed by atoms with Gasteiger partial charge in [-0.3, -0.25) is 14.9 Å². The lowest BCUT2D eigenvalue weighted by Crippen LogP contribution is -2.40. The van der Waals surface area contributed by atoms with Crippen molar-refractivity contribution in [3.05, 3.63) is 39.9 Å². The van der Waals surface area contributed by atoms with E-state index in [9.17, 15) is 23.3 Å². The number of nitrogens with zero attached hydrogens (tertiary/aromatic N) is 1. The maximum absolute atomic E-state index is 11.9. The number of halogens is 1. The zero-order valence-corrected chi connectivity index (χ0v) is 11.7. The number of amides is 1. The molecule has 1 fully saturated rings. The predicted octanol–water partition coefficient (Wildman–Crippen LogP) is 0.729. The van der Waals surface area contributed by atoms with Crippen LogP contribution in [0.25, 0.3) is 0 Å². The third-order valence-electron chi connectivity index (χ3n) is 2.92. The molecule has 0 aromatic heterocycles. The summed E-state index contributed by atoms with van der Waals surface area (Å²) >= 11 is 5.87. The average molecular weight is 319 g/mol. The Morgan fingerprint density at radius 2 is 2.10 bits per heavy atom. The number of rotatable bonds is 3. The molecule has 1 aromatic carbocycles. The largest absolute Gasteiger partial charge is 0.347 e. The first-order valence-corrected chi connectivity index (χ1v) is 7.94. The predicted molar refractivity (Wildman–Crippen MR) is 72.6 cm³/mol. The van der Waals surface area contributed by atoms with E-state index in [4.69, 9.17) is 11.6 Å². The molecule has 108 valence electrons. The molecule has 1 aliphatic rings. The summed E-state index contributed by atoms with van der Waals surface area (Å²) in [5.41, 5.74) is -0.119. The number of nitrogens with one attached hydrogen (secondary N) is 1. The highest BCUT2D eigenvalue weighted by Crippen LogP contribution is 2.19. The van der Waals surface area contributed by atoms with E-state index in [2.05, 4.69) is 5.32 Å². The second-order valence-electron chi connectivity index (χ2n) is 4.48. The third kappa shape index (κ3) is 3.26. The molecule has 0 aliphatic carbocycles. The molecule has 0 bridgehead atoms. The Labute approximate surface area is 120 Å². The number of carbonyl (C=O) groups is 1. The summed E-state index contributed by atoms with van der Waals surface area (Å²) in [6.45, 7) is 0. The minimum Gasteiger partial charge on any atom is -0.347 e. The lowest BCUT2D eigenvalue weighted by molar-refractivity contribution is -0.384. The van der Waals surface area contributed by atoms with Crippen LogP contribution in [0.2, 0.25) is 0 Å². The van der Waals surface area contributed by atoms with Crippen molar-refractivity contribution in [1.29, 1.82) is 0 Å². The molecule has 2 unspecified atom stereocenters. The lowest BCUT2D eigenvalue weighted by atomic mass is 10.1. The number of benzene rings is 1. The molecular weight excluding hydrogens is 308 g/mol. The van der Waals surface area contributed by atoms with Crippen LogP contribution >= 0.6 is 11.6 Å². The Hall–Kier alpha value is -1.67. The SMILES string of the molecule is O=C(NC1CS(=O)(=O)CC1Cl)c1cccc([N+](=O)[O-])c1. The fourth-order valence-electron chi connectivity index (χ4n) is 1.95. The van der Waals surface area contributed by atoms with Crippen LogP contribution in [0.4, 0.5) is 5.69 Å². The monoisotopic (exact) mass is 318 g/mol. The Bertz CT molecular complexity index is 661. The van der Waals surface area contributed by atoms with Crippen LogP contribution in [0.5, 0.6) is 0 Å². The molecular formula is C11H11ClN2O5S. The van der Waals surface area contributed by atoms with Crippen molar-refractivity contribution in [3.8, 4) is 0 Å². The lowest BCUT2D eigenvalue weighted by Gasteiger charge is -2.14. The number of sulfone groups is 1. The number of nitro benzene ring substituents is 1. The topological polar surface area (TPSA) is 106 Å². The second-order valence-corrected chi connectivity index (χ2v) is 7.19. The van der Waals surface area contributed by atoms with Gasteiger partial charge in [0.25, 0.3) is 11.6 Å². The van der Waals surface area contributed by atoms with Crippen molar-refractivity contribution in [1.82, 2.24) is 5.32 Å². The Morgan fingerprint density at radius 3 is 2.65 bits per heavy atom. The molecule has 1 aliphatic heterocycles. The first-order valence-electron chi connectivity index (χ1n) is 5.68. The molecule has 9 heteroatoms. The van der Waals surface area contributed by atoms with Crippen LogP contribution in [0.15, 0.2) is 24.3 Å². The fraction of sp³-hybridized carbons (Fsp3) is 0.364. The summed E-state index contributed by atoms with van der Waals surface area (Å²) in [6, 6.07) is 4.50. The molecule has 0 radical (unpaired) electrons. The first kappa shape index (κ1) is 14.7. The zero-order chi connectivity index (χ0) is 14.9. The fourth-order valence-corrected chi connectivity index (χ4v) is 4.50. The van der Waals surface area contributed by atoms with Gasteiger partial charge in [-0.2, -0.15) is 0 Å². The van der Waals surface area contributed by atoms with E-state index in [-0.39, 0.29) is 22.8 Å².